The largest absolute Gasteiger partial charge is 0.494 e. The van der Waals surface area contributed by atoms with Crippen molar-refractivity contribution in [2.75, 3.05) is 25.4 Å². The molecule has 0 aliphatic heterocycles. The SMILES string of the molecule is CCNC(=NCc1ccc(C)cc1OCC)NCCS(=O)(=O)c1ccccc1.I. The fraction of sp³-hybridized carbons (Fsp3) is 0.381. The van der Waals surface area contributed by atoms with Gasteiger partial charge < -0.3 is 15.4 Å². The van der Waals surface area contributed by atoms with Gasteiger partial charge in [0.25, 0.3) is 0 Å². The van der Waals surface area contributed by atoms with E-state index in [9.17, 15) is 8.42 Å². The van der Waals surface area contributed by atoms with Gasteiger partial charge in [-0.3, -0.25) is 0 Å². The van der Waals surface area contributed by atoms with Crippen LogP contribution in [0.3, 0.4) is 0 Å². The van der Waals surface area contributed by atoms with Crippen LogP contribution < -0.4 is 15.4 Å². The van der Waals surface area contributed by atoms with Gasteiger partial charge in [0.05, 0.1) is 23.8 Å². The maximum atomic E-state index is 12.4. The number of sulfone groups is 1. The fourth-order valence-electron chi connectivity index (χ4n) is 2.64. The molecule has 0 aromatic heterocycles. The third-order valence-electron chi connectivity index (χ3n) is 4.04. The van der Waals surface area contributed by atoms with Crippen LogP contribution >= 0.6 is 24.0 Å². The van der Waals surface area contributed by atoms with Gasteiger partial charge in [-0.1, -0.05) is 30.3 Å². The lowest BCUT2D eigenvalue weighted by molar-refractivity contribution is 0.336. The van der Waals surface area contributed by atoms with Gasteiger partial charge in [0.1, 0.15) is 5.75 Å². The number of benzene rings is 2. The minimum atomic E-state index is -3.32. The van der Waals surface area contributed by atoms with Gasteiger partial charge in [0.15, 0.2) is 15.8 Å². The van der Waals surface area contributed by atoms with E-state index in [1.165, 1.54) is 0 Å². The Morgan fingerprint density at radius 1 is 1.07 bits per heavy atom. The summed E-state index contributed by atoms with van der Waals surface area (Å²) in [7, 11) is -3.32. The van der Waals surface area contributed by atoms with Crippen LogP contribution in [0.1, 0.15) is 25.0 Å². The molecule has 2 N–H and O–H groups in total. The number of aliphatic imine (C=N–C) groups is 1. The molecular weight excluding hydrogens is 501 g/mol. The van der Waals surface area contributed by atoms with Gasteiger partial charge >= 0.3 is 0 Å². The van der Waals surface area contributed by atoms with Crippen LogP contribution in [-0.2, 0) is 16.4 Å². The minimum absolute atomic E-state index is 0. The lowest BCUT2D eigenvalue weighted by atomic mass is 10.1. The second-order valence-corrected chi connectivity index (χ2v) is 8.41. The highest BCUT2D eigenvalue weighted by Crippen LogP contribution is 2.21. The number of nitrogens with one attached hydrogen (secondary N) is 2. The van der Waals surface area contributed by atoms with E-state index in [-0.39, 0.29) is 36.3 Å². The van der Waals surface area contributed by atoms with E-state index in [0.29, 0.717) is 30.6 Å². The highest BCUT2D eigenvalue weighted by atomic mass is 127. The minimum Gasteiger partial charge on any atom is -0.494 e. The summed E-state index contributed by atoms with van der Waals surface area (Å²) >= 11 is 0. The Kier molecular flexibility index (Phi) is 11.0. The van der Waals surface area contributed by atoms with E-state index in [1.54, 1.807) is 30.3 Å². The van der Waals surface area contributed by atoms with E-state index in [0.717, 1.165) is 16.9 Å². The molecule has 6 nitrogen and oxygen atoms in total. The highest BCUT2D eigenvalue weighted by molar-refractivity contribution is 14.0. The molecule has 8 heteroatoms. The monoisotopic (exact) mass is 531 g/mol. The number of rotatable bonds is 9. The topological polar surface area (TPSA) is 79.8 Å². The van der Waals surface area contributed by atoms with Gasteiger partial charge in [0.2, 0.25) is 0 Å². The normalized spacial score (nSPS) is 11.5. The molecule has 2 aromatic rings. The first-order valence-corrected chi connectivity index (χ1v) is 11.1. The van der Waals surface area contributed by atoms with Gasteiger partial charge in [0, 0.05) is 18.7 Å². The molecule has 0 atom stereocenters. The molecule has 2 aromatic carbocycles. The molecular formula is C21H30IN3O3S. The van der Waals surface area contributed by atoms with Crippen LogP contribution in [-0.4, -0.2) is 39.8 Å². The summed E-state index contributed by atoms with van der Waals surface area (Å²) < 4.78 is 30.5. The molecule has 0 spiro atoms. The van der Waals surface area contributed by atoms with E-state index in [2.05, 4.69) is 15.6 Å². The molecule has 0 fully saturated rings. The molecule has 2 rings (SSSR count). The Hall–Kier alpha value is -1.81. The van der Waals surface area contributed by atoms with Crippen molar-refractivity contribution in [3.8, 4) is 5.75 Å². The summed E-state index contributed by atoms with van der Waals surface area (Å²) in [5.74, 6) is 1.40. The van der Waals surface area contributed by atoms with Crippen LogP contribution in [0.25, 0.3) is 0 Å². The molecule has 0 aliphatic rings. The Morgan fingerprint density at radius 2 is 1.79 bits per heavy atom. The zero-order chi connectivity index (χ0) is 20.4. The van der Waals surface area contributed by atoms with Gasteiger partial charge in [-0.05, 0) is 44.5 Å². The van der Waals surface area contributed by atoms with E-state index in [1.807, 2.05) is 39.0 Å². The van der Waals surface area contributed by atoms with Crippen LogP contribution in [0, 0.1) is 6.92 Å². The van der Waals surface area contributed by atoms with Gasteiger partial charge in [-0.25, -0.2) is 13.4 Å². The fourth-order valence-corrected chi connectivity index (χ4v) is 3.82. The number of halogens is 1. The summed E-state index contributed by atoms with van der Waals surface area (Å²) in [6, 6.07) is 14.5. The Labute approximate surface area is 191 Å². The van der Waals surface area contributed by atoms with Crippen molar-refractivity contribution >= 4 is 39.8 Å². The number of guanidine groups is 1. The maximum Gasteiger partial charge on any atom is 0.191 e. The first-order valence-electron chi connectivity index (χ1n) is 9.48. The Balaban J connectivity index is 0.00000420. The van der Waals surface area contributed by atoms with Crippen molar-refractivity contribution in [1.29, 1.82) is 0 Å². The quantitative estimate of drug-likeness (QED) is 0.294. The van der Waals surface area contributed by atoms with Crippen molar-refractivity contribution in [2.45, 2.75) is 32.2 Å². The highest BCUT2D eigenvalue weighted by Gasteiger charge is 2.13. The van der Waals surface area contributed by atoms with Crippen LogP contribution in [0.4, 0.5) is 0 Å². The summed E-state index contributed by atoms with van der Waals surface area (Å²) in [4.78, 5) is 4.90. The van der Waals surface area contributed by atoms with Gasteiger partial charge in [-0.2, -0.15) is 0 Å². The average molecular weight is 531 g/mol. The van der Waals surface area contributed by atoms with E-state index in [4.69, 9.17) is 4.74 Å². The first-order chi connectivity index (χ1) is 13.5. The molecule has 160 valence electrons. The second kappa shape index (κ2) is 12.7. The number of ether oxygens (including phenoxy) is 1. The molecule has 0 amide bonds. The van der Waals surface area contributed by atoms with E-state index < -0.39 is 9.84 Å². The average Bonchev–Trinajstić information content (AvgIpc) is 2.68. The third kappa shape index (κ3) is 8.22. The third-order valence-corrected chi connectivity index (χ3v) is 5.77. The predicted molar refractivity (Wildman–Crippen MR) is 129 cm³/mol. The zero-order valence-electron chi connectivity index (χ0n) is 17.1. The van der Waals surface area contributed by atoms with Gasteiger partial charge in [-0.15, -0.1) is 24.0 Å². The lowest BCUT2D eigenvalue weighted by Gasteiger charge is -2.13. The first kappa shape index (κ1) is 25.2. The summed E-state index contributed by atoms with van der Waals surface area (Å²) in [5, 5.41) is 6.24. The Morgan fingerprint density at radius 3 is 2.45 bits per heavy atom. The van der Waals surface area contributed by atoms with E-state index >= 15 is 0 Å². The maximum absolute atomic E-state index is 12.4. The van der Waals surface area contributed by atoms with Crippen LogP contribution in [0.2, 0.25) is 0 Å². The van der Waals surface area contributed by atoms with Crippen LogP contribution in [0.5, 0.6) is 5.75 Å². The molecule has 0 aliphatic carbocycles. The summed E-state index contributed by atoms with van der Waals surface area (Å²) in [6.45, 7) is 7.93. The zero-order valence-corrected chi connectivity index (χ0v) is 20.3. The molecule has 0 bridgehead atoms. The number of nitrogens with zero attached hydrogens (tertiary/aromatic N) is 1. The number of aryl methyl sites for hydroxylation is 1. The molecule has 0 saturated heterocycles. The summed E-state index contributed by atoms with van der Waals surface area (Å²) in [6.07, 6.45) is 0. The second-order valence-electron chi connectivity index (χ2n) is 6.30. The molecule has 0 saturated carbocycles. The van der Waals surface area contributed by atoms with Crippen LogP contribution in [0.15, 0.2) is 58.4 Å². The standard InChI is InChI=1S/C21H29N3O3S.HI/c1-4-22-21(23-13-14-28(25,26)19-9-7-6-8-10-19)24-16-18-12-11-17(3)15-20(18)27-5-2;/h6-12,15H,4-5,13-14,16H2,1-3H3,(H2,22,23,24);1H. The molecule has 29 heavy (non-hydrogen) atoms. The number of hydrogen-bond acceptors (Lipinski definition) is 4. The smallest absolute Gasteiger partial charge is 0.191 e. The van der Waals surface area contributed by atoms with Crippen molar-refractivity contribution in [3.05, 3.63) is 59.7 Å². The molecule has 0 heterocycles. The predicted octanol–water partition coefficient (Wildman–Crippen LogP) is 3.54. The van der Waals surface area contributed by atoms with Crippen molar-refractivity contribution < 1.29 is 13.2 Å². The van der Waals surface area contributed by atoms with Crippen molar-refractivity contribution in [1.82, 2.24) is 10.6 Å². The van der Waals surface area contributed by atoms with Crippen molar-refractivity contribution in [3.63, 3.8) is 0 Å². The molecule has 0 unspecified atom stereocenters. The Bertz CT molecular complexity index is 887. The summed E-state index contributed by atoms with van der Waals surface area (Å²) in [5.41, 5.74) is 2.12. The lowest BCUT2D eigenvalue weighted by Crippen LogP contribution is -2.39. The number of hydrogen-bond donors (Lipinski definition) is 2. The van der Waals surface area contributed by atoms with Crippen molar-refractivity contribution in [2.24, 2.45) is 4.99 Å². The molecule has 0 radical (unpaired) electrons.